The third-order valence-corrected chi connectivity index (χ3v) is 5.02. The van der Waals surface area contributed by atoms with Crippen LogP contribution in [0.25, 0.3) is 11.5 Å². The fourth-order valence-corrected chi connectivity index (χ4v) is 3.44. The molecular formula is C21H17ClN4O2. The van der Waals surface area contributed by atoms with Gasteiger partial charge in [-0.25, -0.2) is 0 Å². The van der Waals surface area contributed by atoms with Crippen LogP contribution in [0, 0.1) is 11.3 Å². The number of rotatable bonds is 3. The maximum absolute atomic E-state index is 12.7. The summed E-state index contributed by atoms with van der Waals surface area (Å²) in [5.74, 6) is 0.779. The summed E-state index contributed by atoms with van der Waals surface area (Å²) in [6.07, 6.45) is 0. The van der Waals surface area contributed by atoms with E-state index in [9.17, 15) is 10.1 Å². The normalized spacial score (nSPS) is 14.0. The molecule has 0 aliphatic carbocycles. The van der Waals surface area contributed by atoms with Crippen molar-refractivity contribution in [3.05, 3.63) is 70.9 Å². The molecular weight excluding hydrogens is 376 g/mol. The molecule has 0 saturated carbocycles. The summed E-state index contributed by atoms with van der Waals surface area (Å²) < 4.78 is 5.90. The zero-order valence-electron chi connectivity index (χ0n) is 15.0. The number of nitriles is 1. The molecule has 7 heteroatoms. The zero-order valence-corrected chi connectivity index (χ0v) is 15.8. The quantitative estimate of drug-likeness (QED) is 0.677. The standard InChI is InChI=1S/C21H17ClN4O2/c22-17-9-5-4-8-16(17)20(27)25-10-12-26(13-11-25)21-18(14-23)24-19(28-21)15-6-2-1-3-7-15/h1-9H,10-13H2. The largest absolute Gasteiger partial charge is 0.419 e. The van der Waals surface area contributed by atoms with Gasteiger partial charge in [0.15, 0.2) is 0 Å². The SMILES string of the molecule is N#Cc1nc(-c2ccccc2)oc1N1CCN(C(=O)c2ccccc2Cl)CC1. The minimum Gasteiger partial charge on any atom is -0.419 e. The number of amides is 1. The maximum Gasteiger partial charge on any atom is 0.255 e. The average Bonchev–Trinajstić information content (AvgIpc) is 3.19. The molecule has 6 nitrogen and oxygen atoms in total. The van der Waals surface area contributed by atoms with Crippen molar-refractivity contribution >= 4 is 23.4 Å². The van der Waals surface area contributed by atoms with E-state index in [4.69, 9.17) is 16.0 Å². The lowest BCUT2D eigenvalue weighted by atomic mass is 10.2. The molecule has 28 heavy (non-hydrogen) atoms. The molecule has 4 rings (SSSR count). The van der Waals surface area contributed by atoms with Crippen LogP contribution in [0.15, 0.2) is 59.0 Å². The lowest BCUT2D eigenvalue weighted by Crippen LogP contribution is -2.49. The Labute approximate surface area is 167 Å². The van der Waals surface area contributed by atoms with Gasteiger partial charge in [0.1, 0.15) is 6.07 Å². The third kappa shape index (κ3) is 3.45. The summed E-state index contributed by atoms with van der Waals surface area (Å²) in [6, 6.07) is 18.6. The first kappa shape index (κ1) is 18.1. The Morgan fingerprint density at radius 3 is 2.39 bits per heavy atom. The van der Waals surface area contributed by atoms with Gasteiger partial charge < -0.3 is 14.2 Å². The van der Waals surface area contributed by atoms with Gasteiger partial charge >= 0.3 is 0 Å². The van der Waals surface area contributed by atoms with Crippen molar-refractivity contribution in [2.45, 2.75) is 0 Å². The highest BCUT2D eigenvalue weighted by molar-refractivity contribution is 6.33. The van der Waals surface area contributed by atoms with E-state index in [1.807, 2.05) is 35.2 Å². The van der Waals surface area contributed by atoms with Crippen LogP contribution in [0.5, 0.6) is 0 Å². The van der Waals surface area contributed by atoms with Gasteiger partial charge in [-0.2, -0.15) is 10.2 Å². The number of hydrogen-bond acceptors (Lipinski definition) is 5. The molecule has 0 unspecified atom stereocenters. The van der Waals surface area contributed by atoms with Crippen molar-refractivity contribution in [2.24, 2.45) is 0 Å². The van der Waals surface area contributed by atoms with Crippen molar-refractivity contribution in [2.75, 3.05) is 31.1 Å². The van der Waals surface area contributed by atoms with E-state index in [1.165, 1.54) is 0 Å². The molecule has 0 atom stereocenters. The predicted molar refractivity (Wildman–Crippen MR) is 106 cm³/mol. The highest BCUT2D eigenvalue weighted by Gasteiger charge is 2.27. The second kappa shape index (κ2) is 7.75. The Balaban J connectivity index is 1.50. The van der Waals surface area contributed by atoms with Gasteiger partial charge in [-0.05, 0) is 24.3 Å². The molecule has 0 spiro atoms. The van der Waals surface area contributed by atoms with Crippen LogP contribution in [0.1, 0.15) is 16.1 Å². The molecule has 3 aromatic rings. The fourth-order valence-electron chi connectivity index (χ4n) is 3.22. The molecule has 0 radical (unpaired) electrons. The molecule has 2 heterocycles. The van der Waals surface area contributed by atoms with Crippen LogP contribution in [0.4, 0.5) is 5.88 Å². The number of hydrogen-bond donors (Lipinski definition) is 0. The van der Waals surface area contributed by atoms with Gasteiger partial charge in [0.05, 0.1) is 10.6 Å². The summed E-state index contributed by atoms with van der Waals surface area (Å²) in [5, 5.41) is 9.90. The first-order valence-corrected chi connectivity index (χ1v) is 9.30. The van der Waals surface area contributed by atoms with E-state index in [0.717, 1.165) is 5.56 Å². The third-order valence-electron chi connectivity index (χ3n) is 4.69. The summed E-state index contributed by atoms with van der Waals surface area (Å²) in [7, 11) is 0. The fraction of sp³-hybridized carbons (Fsp3) is 0.190. The highest BCUT2D eigenvalue weighted by Crippen LogP contribution is 2.29. The van der Waals surface area contributed by atoms with Gasteiger partial charge in [0, 0.05) is 31.7 Å². The number of carbonyl (C=O) groups is 1. The number of aromatic nitrogens is 1. The maximum atomic E-state index is 12.7. The average molecular weight is 393 g/mol. The first-order valence-electron chi connectivity index (χ1n) is 8.92. The van der Waals surface area contributed by atoms with Crippen molar-refractivity contribution < 1.29 is 9.21 Å². The van der Waals surface area contributed by atoms with Gasteiger partial charge in [-0.15, -0.1) is 0 Å². The number of carbonyl (C=O) groups excluding carboxylic acids is 1. The van der Waals surface area contributed by atoms with E-state index in [0.29, 0.717) is 48.5 Å². The molecule has 0 N–H and O–H groups in total. The molecule has 2 aromatic carbocycles. The van der Waals surface area contributed by atoms with Crippen molar-refractivity contribution in [3.8, 4) is 17.5 Å². The number of anilines is 1. The van der Waals surface area contributed by atoms with Gasteiger partial charge in [-0.1, -0.05) is 41.9 Å². The Kier molecular flexibility index (Phi) is 5.00. The summed E-state index contributed by atoms with van der Waals surface area (Å²) in [6.45, 7) is 2.12. The molecule has 1 aliphatic rings. The number of piperazine rings is 1. The summed E-state index contributed by atoms with van der Waals surface area (Å²) in [4.78, 5) is 20.7. The van der Waals surface area contributed by atoms with Crippen molar-refractivity contribution in [1.29, 1.82) is 5.26 Å². The molecule has 1 amide bonds. The van der Waals surface area contributed by atoms with Crippen LogP contribution in [0.2, 0.25) is 5.02 Å². The second-order valence-electron chi connectivity index (χ2n) is 6.41. The smallest absolute Gasteiger partial charge is 0.255 e. The lowest BCUT2D eigenvalue weighted by Gasteiger charge is -2.34. The van der Waals surface area contributed by atoms with Gasteiger partial charge in [0.2, 0.25) is 17.5 Å². The number of oxazole rings is 1. The van der Waals surface area contributed by atoms with Crippen LogP contribution in [-0.4, -0.2) is 42.0 Å². The Hall–Kier alpha value is -3.30. The Bertz CT molecular complexity index is 1030. The second-order valence-corrected chi connectivity index (χ2v) is 6.82. The Morgan fingerprint density at radius 1 is 1.04 bits per heavy atom. The van der Waals surface area contributed by atoms with Gasteiger partial charge in [-0.3, -0.25) is 4.79 Å². The highest BCUT2D eigenvalue weighted by atomic mass is 35.5. The molecule has 1 fully saturated rings. The van der Waals surface area contributed by atoms with Gasteiger partial charge in [0.25, 0.3) is 5.91 Å². The minimum atomic E-state index is -0.0895. The molecule has 1 aliphatic heterocycles. The predicted octanol–water partition coefficient (Wildman–Crippen LogP) is 3.83. The van der Waals surface area contributed by atoms with E-state index < -0.39 is 0 Å². The van der Waals surface area contributed by atoms with Crippen LogP contribution >= 0.6 is 11.6 Å². The minimum absolute atomic E-state index is 0.0895. The monoisotopic (exact) mass is 392 g/mol. The van der Waals surface area contributed by atoms with Crippen LogP contribution in [-0.2, 0) is 0 Å². The molecule has 1 saturated heterocycles. The van der Waals surface area contributed by atoms with E-state index >= 15 is 0 Å². The summed E-state index contributed by atoms with van der Waals surface area (Å²) >= 11 is 6.15. The van der Waals surface area contributed by atoms with E-state index in [-0.39, 0.29) is 11.6 Å². The number of halogens is 1. The zero-order chi connectivity index (χ0) is 19.5. The van der Waals surface area contributed by atoms with E-state index in [2.05, 4.69) is 11.1 Å². The van der Waals surface area contributed by atoms with Crippen molar-refractivity contribution in [3.63, 3.8) is 0 Å². The molecule has 1 aromatic heterocycles. The topological polar surface area (TPSA) is 73.4 Å². The lowest BCUT2D eigenvalue weighted by molar-refractivity contribution is 0.0745. The van der Waals surface area contributed by atoms with Crippen LogP contribution in [0.3, 0.4) is 0 Å². The van der Waals surface area contributed by atoms with Crippen molar-refractivity contribution in [1.82, 2.24) is 9.88 Å². The Morgan fingerprint density at radius 2 is 1.71 bits per heavy atom. The molecule has 140 valence electrons. The number of benzene rings is 2. The summed E-state index contributed by atoms with van der Waals surface area (Å²) in [5.41, 5.74) is 1.57. The van der Waals surface area contributed by atoms with Crippen LogP contribution < -0.4 is 4.90 Å². The molecule has 0 bridgehead atoms. The number of nitrogens with zero attached hydrogens (tertiary/aromatic N) is 4. The van der Waals surface area contributed by atoms with E-state index in [1.54, 1.807) is 29.2 Å². The first-order chi connectivity index (χ1) is 13.7.